The zero-order valence-corrected chi connectivity index (χ0v) is 11.1. The summed E-state index contributed by atoms with van der Waals surface area (Å²) in [6.07, 6.45) is -3.28. The quantitative estimate of drug-likeness (QED) is 0.561. The lowest BCUT2D eigenvalue weighted by atomic mass is 10.0. The molecule has 0 spiro atoms. The van der Waals surface area contributed by atoms with Crippen LogP contribution in [0.5, 0.6) is 0 Å². The Hall–Kier alpha value is -1.51. The number of rotatable bonds is 9. The van der Waals surface area contributed by atoms with E-state index in [2.05, 4.69) is 15.4 Å². The van der Waals surface area contributed by atoms with Crippen LogP contribution in [0.1, 0.15) is 19.8 Å². The number of hydrogen-bond acceptors (Lipinski definition) is 3. The topological polar surface area (TPSA) is 87.7 Å². The van der Waals surface area contributed by atoms with Crippen molar-refractivity contribution in [2.45, 2.75) is 25.9 Å². The Morgan fingerprint density at radius 2 is 1.95 bits per heavy atom. The molecule has 1 unspecified atom stereocenters. The fourth-order valence-electron chi connectivity index (χ4n) is 1.36. The fourth-order valence-corrected chi connectivity index (χ4v) is 1.36. The van der Waals surface area contributed by atoms with Gasteiger partial charge in [0.15, 0.2) is 0 Å². The first-order valence-corrected chi connectivity index (χ1v) is 6.15. The van der Waals surface area contributed by atoms with Gasteiger partial charge in [-0.15, -0.1) is 0 Å². The van der Waals surface area contributed by atoms with Gasteiger partial charge in [0, 0.05) is 13.1 Å². The van der Waals surface area contributed by atoms with Crippen LogP contribution in [-0.2, 0) is 9.53 Å². The SMILES string of the molecule is CCCC(CNC(=O)NCCOCC(F)(F)F)C(=O)O. The molecule has 0 heterocycles. The van der Waals surface area contributed by atoms with Crippen molar-refractivity contribution in [2.24, 2.45) is 5.92 Å². The summed E-state index contributed by atoms with van der Waals surface area (Å²) in [5, 5.41) is 13.5. The summed E-state index contributed by atoms with van der Waals surface area (Å²) >= 11 is 0. The molecular weight excluding hydrogens is 281 g/mol. The van der Waals surface area contributed by atoms with Gasteiger partial charge in [0.2, 0.25) is 0 Å². The molecule has 0 saturated heterocycles. The number of carboxylic acid groups (broad SMARTS) is 1. The van der Waals surface area contributed by atoms with E-state index in [0.717, 1.165) is 0 Å². The van der Waals surface area contributed by atoms with E-state index in [-0.39, 0.29) is 19.7 Å². The van der Waals surface area contributed by atoms with Crippen LogP contribution in [0.15, 0.2) is 0 Å². The van der Waals surface area contributed by atoms with Crippen molar-refractivity contribution in [2.75, 3.05) is 26.3 Å². The maximum absolute atomic E-state index is 11.7. The summed E-state index contributed by atoms with van der Waals surface area (Å²) in [5.74, 6) is -1.67. The van der Waals surface area contributed by atoms with Gasteiger partial charge < -0.3 is 20.5 Å². The molecule has 0 rings (SSSR count). The molecule has 1 atom stereocenters. The summed E-state index contributed by atoms with van der Waals surface area (Å²) in [6.45, 7) is 0.0674. The Balaban J connectivity index is 3.70. The molecule has 0 aliphatic heterocycles. The number of nitrogens with one attached hydrogen (secondary N) is 2. The third-order valence-electron chi connectivity index (χ3n) is 2.29. The first-order chi connectivity index (χ1) is 9.26. The van der Waals surface area contributed by atoms with E-state index >= 15 is 0 Å². The molecule has 0 saturated carbocycles. The highest BCUT2D eigenvalue weighted by molar-refractivity contribution is 5.75. The van der Waals surface area contributed by atoms with E-state index in [1.165, 1.54) is 0 Å². The van der Waals surface area contributed by atoms with Gasteiger partial charge in [0.25, 0.3) is 0 Å². The van der Waals surface area contributed by atoms with Crippen molar-refractivity contribution < 1.29 is 32.6 Å². The summed E-state index contributed by atoms with van der Waals surface area (Å²) in [6, 6.07) is -0.636. The van der Waals surface area contributed by atoms with Crippen LogP contribution in [0, 0.1) is 5.92 Å². The lowest BCUT2D eigenvalue weighted by Gasteiger charge is -2.13. The van der Waals surface area contributed by atoms with Crippen molar-refractivity contribution >= 4 is 12.0 Å². The van der Waals surface area contributed by atoms with Gasteiger partial charge in [0.1, 0.15) is 6.61 Å². The summed E-state index contributed by atoms with van der Waals surface area (Å²) in [4.78, 5) is 22.0. The van der Waals surface area contributed by atoms with Gasteiger partial charge in [0.05, 0.1) is 12.5 Å². The first kappa shape index (κ1) is 18.5. The fraction of sp³-hybridized carbons (Fsp3) is 0.818. The molecule has 118 valence electrons. The Kier molecular flexibility index (Phi) is 8.69. The maximum atomic E-state index is 11.7. The average molecular weight is 300 g/mol. The molecule has 0 fully saturated rings. The predicted molar refractivity (Wildman–Crippen MR) is 64.3 cm³/mol. The molecule has 0 aromatic heterocycles. The van der Waals surface area contributed by atoms with Gasteiger partial charge in [-0.05, 0) is 6.42 Å². The normalized spacial score (nSPS) is 12.8. The van der Waals surface area contributed by atoms with E-state index in [4.69, 9.17) is 5.11 Å². The highest BCUT2D eigenvalue weighted by Gasteiger charge is 2.27. The molecule has 9 heteroatoms. The molecule has 0 aromatic carbocycles. The number of carbonyl (C=O) groups is 2. The van der Waals surface area contributed by atoms with E-state index < -0.39 is 30.7 Å². The van der Waals surface area contributed by atoms with Gasteiger partial charge in [-0.3, -0.25) is 4.79 Å². The van der Waals surface area contributed by atoms with E-state index in [1.807, 2.05) is 6.92 Å². The second-order valence-electron chi connectivity index (χ2n) is 4.13. The van der Waals surface area contributed by atoms with E-state index in [0.29, 0.717) is 12.8 Å². The molecule has 20 heavy (non-hydrogen) atoms. The largest absolute Gasteiger partial charge is 0.481 e. The highest BCUT2D eigenvalue weighted by Crippen LogP contribution is 2.13. The maximum Gasteiger partial charge on any atom is 0.411 e. The Morgan fingerprint density at radius 1 is 1.30 bits per heavy atom. The lowest BCUT2D eigenvalue weighted by molar-refractivity contribution is -0.173. The van der Waals surface area contributed by atoms with Crippen LogP contribution in [0.4, 0.5) is 18.0 Å². The summed E-state index contributed by atoms with van der Waals surface area (Å²) in [7, 11) is 0. The summed E-state index contributed by atoms with van der Waals surface area (Å²) in [5.41, 5.74) is 0. The van der Waals surface area contributed by atoms with Crippen LogP contribution in [0.2, 0.25) is 0 Å². The number of carbonyl (C=O) groups excluding carboxylic acids is 1. The number of halogens is 3. The van der Waals surface area contributed by atoms with Gasteiger partial charge in [-0.25, -0.2) is 4.79 Å². The first-order valence-electron chi connectivity index (χ1n) is 6.15. The number of alkyl halides is 3. The van der Waals surface area contributed by atoms with Crippen LogP contribution in [-0.4, -0.2) is 49.6 Å². The molecule has 0 aliphatic carbocycles. The van der Waals surface area contributed by atoms with Crippen LogP contribution < -0.4 is 10.6 Å². The third-order valence-corrected chi connectivity index (χ3v) is 2.29. The predicted octanol–water partition coefficient (Wildman–Crippen LogP) is 1.37. The molecule has 0 aromatic rings. The monoisotopic (exact) mass is 300 g/mol. The number of hydrogen-bond donors (Lipinski definition) is 3. The van der Waals surface area contributed by atoms with Gasteiger partial charge in [-0.2, -0.15) is 13.2 Å². The van der Waals surface area contributed by atoms with E-state index in [9.17, 15) is 22.8 Å². The average Bonchev–Trinajstić information content (AvgIpc) is 2.32. The van der Waals surface area contributed by atoms with E-state index in [1.54, 1.807) is 0 Å². The number of urea groups is 1. The minimum absolute atomic E-state index is 0.0294. The molecule has 6 nitrogen and oxygen atoms in total. The zero-order chi connectivity index (χ0) is 15.6. The second-order valence-corrected chi connectivity index (χ2v) is 4.13. The van der Waals surface area contributed by atoms with Crippen molar-refractivity contribution in [3.63, 3.8) is 0 Å². The minimum atomic E-state index is -4.39. The third kappa shape index (κ3) is 10.4. The second kappa shape index (κ2) is 9.40. The van der Waals surface area contributed by atoms with Crippen LogP contribution >= 0.6 is 0 Å². The number of amides is 2. The molecule has 0 aliphatic rings. The summed E-state index contributed by atoms with van der Waals surface area (Å²) < 4.78 is 39.4. The highest BCUT2D eigenvalue weighted by atomic mass is 19.4. The van der Waals surface area contributed by atoms with Gasteiger partial charge >= 0.3 is 18.2 Å². The number of aliphatic carboxylic acids is 1. The Morgan fingerprint density at radius 3 is 2.45 bits per heavy atom. The zero-order valence-electron chi connectivity index (χ0n) is 11.1. The van der Waals surface area contributed by atoms with Crippen molar-refractivity contribution in [3.8, 4) is 0 Å². The molecular formula is C11H19F3N2O4. The standard InChI is InChI=1S/C11H19F3N2O4/c1-2-3-8(9(17)18)6-16-10(19)15-4-5-20-7-11(12,13)14/h8H,2-7H2,1H3,(H,17,18)(H2,15,16,19). The smallest absolute Gasteiger partial charge is 0.411 e. The lowest BCUT2D eigenvalue weighted by Crippen LogP contribution is -2.41. The number of carboxylic acids is 1. The Bertz CT molecular complexity index is 311. The minimum Gasteiger partial charge on any atom is -0.481 e. The van der Waals surface area contributed by atoms with Crippen molar-refractivity contribution in [1.82, 2.24) is 10.6 Å². The molecule has 2 amide bonds. The molecule has 0 bridgehead atoms. The molecule has 0 radical (unpaired) electrons. The number of ether oxygens (including phenoxy) is 1. The van der Waals surface area contributed by atoms with Crippen LogP contribution in [0.25, 0.3) is 0 Å². The Labute approximate surface area is 114 Å². The van der Waals surface area contributed by atoms with Crippen molar-refractivity contribution in [3.05, 3.63) is 0 Å². The molecule has 3 N–H and O–H groups in total. The van der Waals surface area contributed by atoms with Crippen LogP contribution in [0.3, 0.4) is 0 Å². The van der Waals surface area contributed by atoms with Gasteiger partial charge in [-0.1, -0.05) is 13.3 Å². The van der Waals surface area contributed by atoms with Crippen molar-refractivity contribution in [1.29, 1.82) is 0 Å².